The molecule has 4 nitrogen and oxygen atoms in total. The molecule has 0 saturated heterocycles. The largest absolute Gasteiger partial charge is 0.489 e. The third-order valence-electron chi connectivity index (χ3n) is 5.51. The molecule has 0 amide bonds. The monoisotopic (exact) mass is 427 g/mol. The maximum absolute atomic E-state index is 6.10. The number of nitrogens with two attached hydrogens (primary N) is 1. The molecule has 31 heavy (non-hydrogen) atoms. The number of unbranched alkanes of at least 4 members (excludes halogenated alkanes) is 1. The SMILES string of the molecule is NCCCCc1c(-c2nc3ccccc3s2)[nH]c2ccc(OCc3ccccc3)cc12. The van der Waals surface area contributed by atoms with Gasteiger partial charge in [0.2, 0.25) is 0 Å². The van der Waals surface area contributed by atoms with Crippen molar-refractivity contribution < 1.29 is 4.74 Å². The van der Waals surface area contributed by atoms with Crippen LogP contribution < -0.4 is 10.5 Å². The van der Waals surface area contributed by atoms with Gasteiger partial charge in [0.05, 0.1) is 15.9 Å². The molecule has 5 aromatic rings. The summed E-state index contributed by atoms with van der Waals surface area (Å²) in [6.07, 6.45) is 3.03. The van der Waals surface area contributed by atoms with Crippen molar-refractivity contribution in [2.75, 3.05) is 6.54 Å². The number of benzene rings is 3. The van der Waals surface area contributed by atoms with E-state index in [4.69, 9.17) is 15.5 Å². The number of para-hydroxylation sites is 1. The van der Waals surface area contributed by atoms with Crippen molar-refractivity contribution in [1.29, 1.82) is 0 Å². The Morgan fingerprint density at radius 1 is 0.935 bits per heavy atom. The number of hydrogen-bond donors (Lipinski definition) is 2. The summed E-state index contributed by atoms with van der Waals surface area (Å²) in [6, 6.07) is 24.9. The van der Waals surface area contributed by atoms with Crippen molar-refractivity contribution in [3.63, 3.8) is 0 Å². The van der Waals surface area contributed by atoms with Crippen LogP contribution in [0.15, 0.2) is 72.8 Å². The third-order valence-corrected chi connectivity index (χ3v) is 6.57. The molecule has 0 fully saturated rings. The minimum atomic E-state index is 0.560. The van der Waals surface area contributed by atoms with Gasteiger partial charge < -0.3 is 15.5 Å². The molecule has 0 aliphatic carbocycles. The fourth-order valence-electron chi connectivity index (χ4n) is 3.92. The zero-order valence-corrected chi connectivity index (χ0v) is 18.1. The summed E-state index contributed by atoms with van der Waals surface area (Å²) in [4.78, 5) is 8.53. The second-order valence-corrected chi connectivity index (χ2v) is 8.72. The first kappa shape index (κ1) is 19.8. The first-order valence-corrected chi connectivity index (χ1v) is 11.5. The van der Waals surface area contributed by atoms with E-state index in [1.807, 2.05) is 30.3 Å². The number of nitrogens with zero attached hydrogens (tertiary/aromatic N) is 1. The second-order valence-electron chi connectivity index (χ2n) is 7.69. The quantitative estimate of drug-likeness (QED) is 0.285. The minimum absolute atomic E-state index is 0.560. The molecular formula is C26H25N3OS. The van der Waals surface area contributed by atoms with E-state index in [0.29, 0.717) is 13.2 Å². The van der Waals surface area contributed by atoms with Crippen LogP contribution in [0.1, 0.15) is 24.0 Å². The van der Waals surface area contributed by atoms with E-state index in [1.165, 1.54) is 15.6 Å². The van der Waals surface area contributed by atoms with Gasteiger partial charge in [-0.25, -0.2) is 4.98 Å². The summed E-state index contributed by atoms with van der Waals surface area (Å²) in [7, 11) is 0. The maximum atomic E-state index is 6.10. The Balaban J connectivity index is 1.52. The Labute approximate surface area is 185 Å². The molecule has 3 aromatic carbocycles. The van der Waals surface area contributed by atoms with E-state index < -0.39 is 0 Å². The molecule has 5 heteroatoms. The van der Waals surface area contributed by atoms with Crippen LogP contribution in [-0.4, -0.2) is 16.5 Å². The highest BCUT2D eigenvalue weighted by atomic mass is 32.1. The van der Waals surface area contributed by atoms with Gasteiger partial charge in [0.1, 0.15) is 17.4 Å². The average molecular weight is 428 g/mol. The van der Waals surface area contributed by atoms with Crippen molar-refractivity contribution in [3.05, 3.63) is 83.9 Å². The Hall–Kier alpha value is -3.15. The van der Waals surface area contributed by atoms with Gasteiger partial charge in [-0.1, -0.05) is 42.5 Å². The summed E-state index contributed by atoms with van der Waals surface area (Å²) in [5.41, 5.74) is 11.5. The lowest BCUT2D eigenvalue weighted by atomic mass is 10.0. The van der Waals surface area contributed by atoms with Gasteiger partial charge in [0.15, 0.2) is 0 Å². The normalized spacial score (nSPS) is 11.4. The first-order valence-electron chi connectivity index (χ1n) is 10.7. The Morgan fingerprint density at radius 3 is 2.61 bits per heavy atom. The number of hydrogen-bond acceptors (Lipinski definition) is 4. The van der Waals surface area contributed by atoms with Crippen molar-refractivity contribution in [2.45, 2.75) is 25.9 Å². The predicted molar refractivity (Wildman–Crippen MR) is 130 cm³/mol. The number of fused-ring (bicyclic) bond motifs is 2. The zero-order valence-electron chi connectivity index (χ0n) is 17.3. The summed E-state index contributed by atoms with van der Waals surface area (Å²) in [5, 5.41) is 2.24. The lowest BCUT2D eigenvalue weighted by molar-refractivity contribution is 0.306. The third kappa shape index (κ3) is 4.20. The number of ether oxygens (including phenoxy) is 1. The van der Waals surface area contributed by atoms with Crippen LogP contribution in [-0.2, 0) is 13.0 Å². The van der Waals surface area contributed by atoms with E-state index in [-0.39, 0.29) is 0 Å². The van der Waals surface area contributed by atoms with E-state index in [9.17, 15) is 0 Å². The van der Waals surface area contributed by atoms with Gasteiger partial charge in [-0.15, -0.1) is 11.3 Å². The molecule has 0 atom stereocenters. The highest BCUT2D eigenvalue weighted by molar-refractivity contribution is 7.21. The molecular weight excluding hydrogens is 402 g/mol. The molecule has 0 bridgehead atoms. The zero-order chi connectivity index (χ0) is 21.0. The van der Waals surface area contributed by atoms with E-state index in [1.54, 1.807) is 11.3 Å². The van der Waals surface area contributed by atoms with Gasteiger partial charge in [0.25, 0.3) is 0 Å². The Morgan fingerprint density at radius 2 is 1.77 bits per heavy atom. The molecule has 0 spiro atoms. The lowest BCUT2D eigenvalue weighted by Gasteiger charge is -2.07. The molecule has 2 heterocycles. The molecule has 3 N–H and O–H groups in total. The molecule has 5 rings (SSSR count). The Bertz CT molecular complexity index is 1270. The van der Waals surface area contributed by atoms with Crippen molar-refractivity contribution in [1.82, 2.24) is 9.97 Å². The number of nitrogens with one attached hydrogen (secondary N) is 1. The Kier molecular flexibility index (Phi) is 5.69. The van der Waals surface area contributed by atoms with Crippen molar-refractivity contribution in [3.8, 4) is 16.5 Å². The second kappa shape index (κ2) is 8.92. The molecule has 0 radical (unpaired) electrons. The van der Waals surface area contributed by atoms with Crippen LogP contribution in [0, 0.1) is 0 Å². The van der Waals surface area contributed by atoms with Crippen LogP contribution in [0.25, 0.3) is 31.8 Å². The topological polar surface area (TPSA) is 63.9 Å². The molecule has 2 aromatic heterocycles. The van der Waals surface area contributed by atoms with Gasteiger partial charge in [-0.05, 0) is 67.3 Å². The highest BCUT2D eigenvalue weighted by Crippen LogP contribution is 2.37. The number of rotatable bonds is 8. The van der Waals surface area contributed by atoms with Crippen LogP contribution in [0.5, 0.6) is 5.75 Å². The first-order chi connectivity index (χ1) is 15.3. The molecule has 0 aliphatic heterocycles. The molecule has 0 aliphatic rings. The van der Waals surface area contributed by atoms with E-state index in [2.05, 4.69) is 47.4 Å². The van der Waals surface area contributed by atoms with Gasteiger partial charge >= 0.3 is 0 Å². The standard InChI is InChI=1S/C26H25N3OS/c27-15-7-6-10-20-21-16-19(30-17-18-8-2-1-3-9-18)13-14-22(21)28-25(20)26-29-23-11-4-5-12-24(23)31-26/h1-5,8-9,11-14,16,28H,6-7,10,15,17,27H2. The average Bonchev–Trinajstić information content (AvgIpc) is 3.40. The summed E-state index contributed by atoms with van der Waals surface area (Å²) in [5.74, 6) is 0.881. The molecule has 0 saturated carbocycles. The van der Waals surface area contributed by atoms with Crippen LogP contribution in [0.2, 0.25) is 0 Å². The van der Waals surface area contributed by atoms with Crippen LogP contribution in [0.3, 0.4) is 0 Å². The van der Waals surface area contributed by atoms with Gasteiger partial charge in [-0.2, -0.15) is 0 Å². The fourth-order valence-corrected chi connectivity index (χ4v) is 4.92. The number of aromatic nitrogens is 2. The van der Waals surface area contributed by atoms with E-state index in [0.717, 1.165) is 52.3 Å². The van der Waals surface area contributed by atoms with Crippen LogP contribution in [0.4, 0.5) is 0 Å². The molecule has 156 valence electrons. The number of thiazole rings is 1. The summed E-state index contributed by atoms with van der Waals surface area (Å²) >= 11 is 1.73. The lowest BCUT2D eigenvalue weighted by Crippen LogP contribution is -1.99. The predicted octanol–water partition coefficient (Wildman–Crippen LogP) is 6.31. The maximum Gasteiger partial charge on any atom is 0.141 e. The van der Waals surface area contributed by atoms with E-state index >= 15 is 0 Å². The summed E-state index contributed by atoms with van der Waals surface area (Å²) < 4.78 is 7.30. The number of aromatic amines is 1. The van der Waals surface area contributed by atoms with Crippen molar-refractivity contribution >= 4 is 32.5 Å². The van der Waals surface area contributed by atoms with Gasteiger partial charge in [-0.3, -0.25) is 0 Å². The fraction of sp³-hybridized carbons (Fsp3) is 0.192. The number of aryl methyl sites for hydroxylation is 1. The van der Waals surface area contributed by atoms with Gasteiger partial charge in [0, 0.05) is 10.9 Å². The minimum Gasteiger partial charge on any atom is -0.489 e. The highest BCUT2D eigenvalue weighted by Gasteiger charge is 2.17. The van der Waals surface area contributed by atoms with Crippen molar-refractivity contribution in [2.24, 2.45) is 5.73 Å². The molecule has 0 unspecified atom stereocenters. The smallest absolute Gasteiger partial charge is 0.141 e. The van der Waals surface area contributed by atoms with Crippen LogP contribution >= 0.6 is 11.3 Å². The summed E-state index contributed by atoms with van der Waals surface area (Å²) in [6.45, 7) is 1.27. The number of H-pyrrole nitrogens is 1.